The Kier molecular flexibility index (Phi) is 5.98. The van der Waals surface area contributed by atoms with Crippen molar-refractivity contribution >= 4 is 11.6 Å². The number of fused-ring (bicyclic) bond motifs is 2. The van der Waals surface area contributed by atoms with Gasteiger partial charge in [-0.2, -0.15) is 0 Å². The fraction of sp³-hybridized carbons (Fsp3) is 0.467. The number of nitrogens with zero attached hydrogens (tertiary/aromatic N) is 5. The highest BCUT2D eigenvalue weighted by molar-refractivity contribution is 6.15. The Hall–Kier alpha value is -3.32. The predicted molar refractivity (Wildman–Crippen MR) is 143 cm³/mol. The topological polar surface area (TPSA) is 74.8 Å². The van der Waals surface area contributed by atoms with Gasteiger partial charge in [0.15, 0.2) is 5.76 Å². The summed E-state index contributed by atoms with van der Waals surface area (Å²) in [4.78, 5) is 27.0. The normalized spacial score (nSPS) is 20.1. The number of amides is 1. The minimum absolute atomic E-state index is 0.0270. The SMILES string of the molecule is Cc1cc(C2=NCc3cc4c(cc32)CN([C@@H]2CCCN(Cc3cc(C(C)(C)C)no3)C2)C(=O)C4)ccn1. The fourth-order valence-corrected chi connectivity index (χ4v) is 5.85. The summed E-state index contributed by atoms with van der Waals surface area (Å²) >= 11 is 0. The highest BCUT2D eigenvalue weighted by Crippen LogP contribution is 2.32. The molecule has 37 heavy (non-hydrogen) atoms. The van der Waals surface area contributed by atoms with Crippen LogP contribution in [0.5, 0.6) is 0 Å². The first-order valence-electron chi connectivity index (χ1n) is 13.3. The maximum absolute atomic E-state index is 13.3. The van der Waals surface area contributed by atoms with Gasteiger partial charge in [0, 0.05) is 53.6 Å². The van der Waals surface area contributed by atoms with E-state index in [0.717, 1.165) is 66.5 Å². The van der Waals surface area contributed by atoms with Crippen LogP contribution in [0, 0.1) is 6.92 Å². The summed E-state index contributed by atoms with van der Waals surface area (Å²) in [6.07, 6.45) is 4.43. The Bertz CT molecular complexity index is 1380. The second-order valence-corrected chi connectivity index (χ2v) is 11.8. The highest BCUT2D eigenvalue weighted by Gasteiger charge is 2.34. The molecule has 3 aliphatic heterocycles. The number of rotatable bonds is 4. The van der Waals surface area contributed by atoms with E-state index in [-0.39, 0.29) is 17.4 Å². The van der Waals surface area contributed by atoms with E-state index in [1.54, 1.807) is 0 Å². The maximum atomic E-state index is 13.3. The van der Waals surface area contributed by atoms with Gasteiger partial charge >= 0.3 is 0 Å². The third kappa shape index (κ3) is 4.73. The van der Waals surface area contributed by atoms with Crippen LogP contribution < -0.4 is 0 Å². The van der Waals surface area contributed by atoms with Crippen molar-refractivity contribution in [2.45, 2.75) is 78.0 Å². The molecule has 192 valence electrons. The van der Waals surface area contributed by atoms with E-state index in [0.29, 0.717) is 19.5 Å². The van der Waals surface area contributed by atoms with Crippen molar-refractivity contribution < 1.29 is 9.32 Å². The molecule has 0 aliphatic carbocycles. The molecule has 3 aliphatic rings. The van der Waals surface area contributed by atoms with Crippen molar-refractivity contribution in [3.05, 3.63) is 81.5 Å². The van der Waals surface area contributed by atoms with Crippen LogP contribution in [0.4, 0.5) is 0 Å². The molecule has 6 rings (SSSR count). The molecule has 7 heteroatoms. The van der Waals surface area contributed by atoms with Crippen LogP contribution in [0.1, 0.15) is 78.6 Å². The summed E-state index contributed by atoms with van der Waals surface area (Å²) < 4.78 is 5.65. The Morgan fingerprint density at radius 2 is 1.97 bits per heavy atom. The van der Waals surface area contributed by atoms with Crippen molar-refractivity contribution in [1.29, 1.82) is 0 Å². The number of carbonyl (C=O) groups is 1. The Labute approximate surface area is 218 Å². The van der Waals surface area contributed by atoms with E-state index in [1.807, 2.05) is 19.2 Å². The number of aliphatic imine (C=N–C) groups is 1. The van der Waals surface area contributed by atoms with Crippen molar-refractivity contribution in [3.8, 4) is 0 Å². The number of benzene rings is 1. The zero-order valence-electron chi connectivity index (χ0n) is 22.3. The Morgan fingerprint density at radius 3 is 2.76 bits per heavy atom. The maximum Gasteiger partial charge on any atom is 0.227 e. The van der Waals surface area contributed by atoms with Gasteiger partial charge in [0.05, 0.1) is 30.9 Å². The Morgan fingerprint density at radius 1 is 1.11 bits per heavy atom. The van der Waals surface area contributed by atoms with Gasteiger partial charge in [-0.15, -0.1) is 0 Å². The molecule has 7 nitrogen and oxygen atoms in total. The Balaban J connectivity index is 1.19. The van der Waals surface area contributed by atoms with Crippen molar-refractivity contribution in [2.75, 3.05) is 13.1 Å². The molecule has 0 unspecified atom stereocenters. The first kappa shape index (κ1) is 24.0. The molecular formula is C30H35N5O2. The molecule has 2 aromatic heterocycles. The molecule has 1 amide bonds. The van der Waals surface area contributed by atoms with E-state index in [4.69, 9.17) is 9.52 Å². The molecule has 0 bridgehead atoms. The number of likely N-dealkylation sites (tertiary alicyclic amines) is 1. The summed E-state index contributed by atoms with van der Waals surface area (Å²) in [5.41, 5.74) is 8.92. The fourth-order valence-electron chi connectivity index (χ4n) is 5.85. The van der Waals surface area contributed by atoms with Crippen molar-refractivity contribution in [1.82, 2.24) is 19.9 Å². The molecule has 5 heterocycles. The van der Waals surface area contributed by atoms with Gasteiger partial charge in [-0.1, -0.05) is 32.0 Å². The second kappa shape index (κ2) is 9.21. The lowest BCUT2D eigenvalue weighted by Crippen LogP contribution is -2.51. The molecule has 0 N–H and O–H groups in total. The monoisotopic (exact) mass is 497 g/mol. The van der Waals surface area contributed by atoms with Crippen molar-refractivity contribution in [3.63, 3.8) is 0 Å². The minimum Gasteiger partial charge on any atom is -0.360 e. The first-order chi connectivity index (χ1) is 17.7. The van der Waals surface area contributed by atoms with Gasteiger partial charge in [-0.25, -0.2) is 0 Å². The van der Waals surface area contributed by atoms with Crippen LogP contribution in [-0.4, -0.2) is 50.7 Å². The van der Waals surface area contributed by atoms with Crippen LogP contribution in [0.3, 0.4) is 0 Å². The van der Waals surface area contributed by atoms with Gasteiger partial charge in [-0.3, -0.25) is 19.7 Å². The summed E-state index contributed by atoms with van der Waals surface area (Å²) in [5.74, 6) is 1.13. The molecular weight excluding hydrogens is 462 g/mol. The van der Waals surface area contributed by atoms with Gasteiger partial charge in [0.2, 0.25) is 5.91 Å². The van der Waals surface area contributed by atoms with Gasteiger partial charge in [0.1, 0.15) is 0 Å². The molecule has 0 saturated carbocycles. The molecule has 3 aromatic rings. The van der Waals surface area contributed by atoms with Crippen LogP contribution >= 0.6 is 0 Å². The van der Waals surface area contributed by atoms with Crippen LogP contribution in [0.25, 0.3) is 0 Å². The number of hydrogen-bond acceptors (Lipinski definition) is 6. The average molecular weight is 498 g/mol. The zero-order chi connectivity index (χ0) is 25.7. The predicted octanol–water partition coefficient (Wildman–Crippen LogP) is 4.58. The second-order valence-electron chi connectivity index (χ2n) is 11.8. The smallest absolute Gasteiger partial charge is 0.227 e. The quantitative estimate of drug-likeness (QED) is 0.528. The average Bonchev–Trinajstić information content (AvgIpc) is 3.49. The number of aromatic nitrogens is 2. The zero-order valence-corrected chi connectivity index (χ0v) is 22.3. The third-order valence-electron chi connectivity index (χ3n) is 7.89. The number of carbonyl (C=O) groups excluding carboxylic acids is 1. The molecule has 0 spiro atoms. The number of pyridine rings is 1. The lowest BCUT2D eigenvalue weighted by molar-refractivity contribution is -0.135. The lowest BCUT2D eigenvalue weighted by Gasteiger charge is -2.41. The molecule has 0 radical (unpaired) electrons. The third-order valence-corrected chi connectivity index (χ3v) is 7.89. The summed E-state index contributed by atoms with van der Waals surface area (Å²) in [6, 6.07) is 10.9. The van der Waals surface area contributed by atoms with Crippen LogP contribution in [-0.2, 0) is 36.3 Å². The summed E-state index contributed by atoms with van der Waals surface area (Å²) in [7, 11) is 0. The minimum atomic E-state index is -0.0270. The van der Waals surface area contributed by atoms with E-state index in [9.17, 15) is 4.79 Å². The number of piperidine rings is 1. The summed E-state index contributed by atoms with van der Waals surface area (Å²) in [5, 5.41) is 4.28. The largest absolute Gasteiger partial charge is 0.360 e. The molecule has 1 aromatic carbocycles. The van der Waals surface area contributed by atoms with E-state index >= 15 is 0 Å². The number of hydrogen-bond donors (Lipinski definition) is 0. The first-order valence-corrected chi connectivity index (χ1v) is 13.3. The lowest BCUT2D eigenvalue weighted by atomic mass is 9.90. The van der Waals surface area contributed by atoms with Crippen molar-refractivity contribution in [2.24, 2.45) is 4.99 Å². The van der Waals surface area contributed by atoms with E-state index in [1.165, 1.54) is 16.7 Å². The van der Waals surface area contributed by atoms with E-state index < -0.39 is 0 Å². The van der Waals surface area contributed by atoms with Gasteiger partial charge in [-0.05, 0) is 61.2 Å². The highest BCUT2D eigenvalue weighted by atomic mass is 16.5. The van der Waals surface area contributed by atoms with Gasteiger partial charge in [0.25, 0.3) is 0 Å². The molecule has 1 atom stereocenters. The van der Waals surface area contributed by atoms with Crippen LogP contribution in [0.2, 0.25) is 0 Å². The molecule has 1 saturated heterocycles. The van der Waals surface area contributed by atoms with Gasteiger partial charge < -0.3 is 9.42 Å². The molecule has 1 fully saturated rings. The van der Waals surface area contributed by atoms with Crippen LogP contribution in [0.15, 0.2) is 46.0 Å². The summed E-state index contributed by atoms with van der Waals surface area (Å²) in [6.45, 7) is 12.4. The number of aryl methyl sites for hydroxylation is 1. The standard InChI is InChI=1S/C30H35N5O2/c1-19-10-20(7-8-31-19)29-26-12-23-16-35(28(36)13-21(23)11-22(26)15-32-29)24-6-5-9-34(17-24)18-25-14-27(33-37-25)30(2,3)4/h7-8,10-12,14,24H,5-6,9,13,15-18H2,1-4H3/t24-/m1/s1. The van der Waals surface area contributed by atoms with E-state index in [2.05, 4.69) is 65.0 Å².